The molecule has 0 spiro atoms. The number of rotatable bonds is 7. The molecule has 122 valence electrons. The number of carboxylic acid groups (broad SMARTS) is 1. The number of aliphatic hydroxyl groups is 1. The van der Waals surface area contributed by atoms with Crippen LogP contribution in [0.25, 0.3) is 0 Å². The molecule has 0 aliphatic heterocycles. The number of phosphoric acid groups is 2. The van der Waals surface area contributed by atoms with Gasteiger partial charge in [-0.2, -0.15) is 0 Å². The van der Waals surface area contributed by atoms with E-state index in [4.69, 9.17) is 24.7 Å². The van der Waals surface area contributed by atoms with Gasteiger partial charge in [0.15, 0.2) is 5.60 Å². The van der Waals surface area contributed by atoms with E-state index in [1.54, 1.807) is 0 Å². The number of carboxylic acids is 1. The third-order valence-electron chi connectivity index (χ3n) is 1.68. The van der Waals surface area contributed by atoms with Gasteiger partial charge in [-0.1, -0.05) is 0 Å². The summed E-state index contributed by atoms with van der Waals surface area (Å²) < 4.78 is 27.7. The summed E-state index contributed by atoms with van der Waals surface area (Å²) >= 11 is 0. The van der Waals surface area contributed by atoms with Crippen LogP contribution in [-0.4, -0.2) is 53.3 Å². The quantitative estimate of drug-likeness (QED) is 0.269. The third-order valence-corrected chi connectivity index (χ3v) is 2.53. The molecule has 1 unspecified atom stereocenters. The van der Waals surface area contributed by atoms with Crippen molar-refractivity contribution >= 4 is 33.6 Å². The first-order valence-electron chi connectivity index (χ1n) is 4.66. The molecule has 6 N–H and O–H groups in total. The van der Waals surface area contributed by atoms with Crippen molar-refractivity contribution in [2.75, 3.05) is 0 Å². The van der Waals surface area contributed by atoms with E-state index >= 15 is 0 Å². The predicted octanol–water partition coefficient (Wildman–Crippen LogP) is -2.15. The van der Waals surface area contributed by atoms with Crippen LogP contribution in [0.3, 0.4) is 0 Å². The van der Waals surface area contributed by atoms with E-state index in [1.165, 1.54) is 0 Å². The Morgan fingerprint density at radius 3 is 1.67 bits per heavy atom. The second-order valence-electron chi connectivity index (χ2n) is 3.60. The summed E-state index contributed by atoms with van der Waals surface area (Å²) in [6, 6.07) is 0. The zero-order chi connectivity index (χ0) is 17.1. The van der Waals surface area contributed by atoms with Crippen LogP contribution in [0.5, 0.6) is 0 Å². The van der Waals surface area contributed by atoms with Crippen LogP contribution in [-0.2, 0) is 32.6 Å². The molecule has 0 aliphatic rings. The van der Waals surface area contributed by atoms with E-state index in [-0.39, 0.29) is 0 Å². The highest BCUT2D eigenvalue weighted by molar-refractivity contribution is 7.47. The third kappa shape index (κ3) is 8.52. The summed E-state index contributed by atoms with van der Waals surface area (Å²) in [4.78, 5) is 66.2. The lowest BCUT2D eigenvalue weighted by molar-refractivity contribution is -0.169. The molecule has 0 bridgehead atoms. The monoisotopic (exact) mass is 352 g/mol. The highest BCUT2D eigenvalue weighted by Crippen LogP contribution is 2.40. The molecule has 0 radical (unpaired) electrons. The lowest BCUT2D eigenvalue weighted by Gasteiger charge is -2.23. The van der Waals surface area contributed by atoms with E-state index in [2.05, 4.69) is 9.05 Å². The Hall–Kier alpha value is -1.33. The second kappa shape index (κ2) is 6.62. The summed E-state index contributed by atoms with van der Waals surface area (Å²) in [5.74, 6) is -5.94. The largest absolute Gasteiger partial charge is 0.527 e. The molecule has 0 amide bonds. The summed E-state index contributed by atoms with van der Waals surface area (Å²) in [5, 5.41) is 18.1. The minimum absolute atomic E-state index is 1.54. The summed E-state index contributed by atoms with van der Waals surface area (Å²) in [6.07, 6.45) is -3.16. The molecule has 0 aromatic carbocycles. The minimum atomic E-state index is -5.45. The molecule has 1 atom stereocenters. The minimum Gasteiger partial charge on any atom is -0.481 e. The summed E-state index contributed by atoms with van der Waals surface area (Å²) in [7, 11) is -10.8. The topological polar surface area (TPSA) is 225 Å². The fraction of sp³-hybridized carbons (Fsp3) is 0.500. The Labute approximate surface area is 115 Å². The maximum Gasteiger partial charge on any atom is 0.527 e. The fourth-order valence-corrected chi connectivity index (χ4v) is 1.77. The van der Waals surface area contributed by atoms with Crippen LogP contribution in [0.1, 0.15) is 12.8 Å². The number of phosphoric ester groups is 2. The number of hydrogen-bond acceptors (Lipinski definition) is 8. The first-order chi connectivity index (χ1) is 9.15. The van der Waals surface area contributed by atoms with Crippen LogP contribution < -0.4 is 0 Å². The molecular weight excluding hydrogens is 342 g/mol. The number of carbonyl (C=O) groups is 3. The van der Waals surface area contributed by atoms with Crippen LogP contribution in [0, 0.1) is 0 Å². The van der Waals surface area contributed by atoms with Crippen molar-refractivity contribution in [2.24, 2.45) is 0 Å². The molecule has 0 aliphatic carbocycles. The van der Waals surface area contributed by atoms with E-state index in [1.807, 2.05) is 0 Å². The van der Waals surface area contributed by atoms with Gasteiger partial charge < -0.3 is 19.3 Å². The van der Waals surface area contributed by atoms with Crippen molar-refractivity contribution in [1.82, 2.24) is 0 Å². The van der Waals surface area contributed by atoms with Crippen LogP contribution in [0.15, 0.2) is 0 Å². The Kier molecular flexibility index (Phi) is 6.20. The normalized spacial score (nSPS) is 14.9. The smallest absolute Gasteiger partial charge is 0.481 e. The van der Waals surface area contributed by atoms with E-state index in [9.17, 15) is 28.6 Å². The maximum atomic E-state index is 11.3. The standard InChI is InChI=1S/C6H10O13P2/c7-3(8)1-6(11,5(10)19-21(15,16)17)2-4(9)18-20(12,13)14/h11H,1-2H2,(H,7,8)(H2,12,13,14)(H2,15,16,17). The van der Waals surface area contributed by atoms with Gasteiger partial charge >= 0.3 is 33.6 Å². The molecule has 13 nitrogen and oxygen atoms in total. The molecule has 0 fully saturated rings. The fourth-order valence-electron chi connectivity index (χ4n) is 1.05. The van der Waals surface area contributed by atoms with Crippen LogP contribution in [0.4, 0.5) is 0 Å². The van der Waals surface area contributed by atoms with Gasteiger partial charge in [-0.3, -0.25) is 29.2 Å². The van der Waals surface area contributed by atoms with Crippen LogP contribution >= 0.6 is 15.6 Å². The number of aliphatic carboxylic acids is 1. The molecule has 0 saturated carbocycles. The van der Waals surface area contributed by atoms with Gasteiger partial charge in [0.2, 0.25) is 0 Å². The Morgan fingerprint density at radius 1 is 0.905 bits per heavy atom. The van der Waals surface area contributed by atoms with E-state index < -0.39 is 52.0 Å². The first kappa shape index (κ1) is 19.7. The van der Waals surface area contributed by atoms with Gasteiger partial charge in [0.1, 0.15) is 0 Å². The molecule has 0 rings (SSSR count). The Morgan fingerprint density at radius 2 is 1.33 bits per heavy atom. The molecule has 0 saturated heterocycles. The van der Waals surface area contributed by atoms with Crippen LogP contribution in [0.2, 0.25) is 0 Å². The zero-order valence-electron chi connectivity index (χ0n) is 9.85. The molecule has 0 aromatic rings. The van der Waals surface area contributed by atoms with Gasteiger partial charge in [0.25, 0.3) is 0 Å². The highest BCUT2D eigenvalue weighted by atomic mass is 31.2. The lowest BCUT2D eigenvalue weighted by atomic mass is 9.96. The Bertz CT molecular complexity index is 527. The second-order valence-corrected chi connectivity index (χ2v) is 5.93. The molecule has 21 heavy (non-hydrogen) atoms. The first-order valence-corrected chi connectivity index (χ1v) is 7.72. The SMILES string of the molecule is O=C(O)CC(O)(CC(=O)OP(=O)(O)O)C(=O)OP(=O)(O)O. The molecule has 0 aromatic heterocycles. The van der Waals surface area contributed by atoms with E-state index in [0.29, 0.717) is 0 Å². The van der Waals surface area contributed by atoms with Crippen molar-refractivity contribution < 1.29 is 62.3 Å². The van der Waals surface area contributed by atoms with Crippen molar-refractivity contribution in [3.63, 3.8) is 0 Å². The van der Waals surface area contributed by atoms with Gasteiger partial charge in [-0.25, -0.2) is 13.9 Å². The van der Waals surface area contributed by atoms with Gasteiger partial charge in [-0.15, -0.1) is 0 Å². The van der Waals surface area contributed by atoms with Crippen molar-refractivity contribution in [1.29, 1.82) is 0 Å². The average Bonchev–Trinajstić information content (AvgIpc) is 2.08. The summed E-state index contributed by atoms with van der Waals surface area (Å²) in [6.45, 7) is 0. The molecule has 15 heteroatoms. The molecule has 0 heterocycles. The van der Waals surface area contributed by atoms with Crippen molar-refractivity contribution in [3.05, 3.63) is 0 Å². The van der Waals surface area contributed by atoms with Gasteiger partial charge in [-0.05, 0) is 0 Å². The maximum absolute atomic E-state index is 11.3. The average molecular weight is 352 g/mol. The Balaban J connectivity index is 5.22. The highest BCUT2D eigenvalue weighted by Gasteiger charge is 2.46. The number of carbonyl (C=O) groups excluding carboxylic acids is 2. The van der Waals surface area contributed by atoms with Crippen molar-refractivity contribution in [3.8, 4) is 0 Å². The molecular formula is C6H10O13P2. The van der Waals surface area contributed by atoms with Gasteiger partial charge in [0.05, 0.1) is 12.8 Å². The van der Waals surface area contributed by atoms with Crippen molar-refractivity contribution in [2.45, 2.75) is 18.4 Å². The van der Waals surface area contributed by atoms with Gasteiger partial charge in [0, 0.05) is 0 Å². The lowest BCUT2D eigenvalue weighted by Crippen LogP contribution is -2.44. The van der Waals surface area contributed by atoms with E-state index in [0.717, 1.165) is 0 Å². The zero-order valence-corrected chi connectivity index (χ0v) is 11.6. The summed E-state index contributed by atoms with van der Waals surface area (Å²) in [5.41, 5.74) is -3.29. The number of hydrogen-bond donors (Lipinski definition) is 6. The predicted molar refractivity (Wildman–Crippen MR) is 58.1 cm³/mol.